The second kappa shape index (κ2) is 10.1. The topological polar surface area (TPSA) is 29.6 Å². The second-order valence-corrected chi connectivity index (χ2v) is 9.55. The van der Waals surface area contributed by atoms with Gasteiger partial charge in [0.05, 0.1) is 17.6 Å². The number of thiazole rings is 1. The third-order valence-electron chi connectivity index (χ3n) is 5.95. The van der Waals surface area contributed by atoms with Gasteiger partial charge in [0.2, 0.25) is 4.80 Å². The Kier molecular flexibility index (Phi) is 6.55. The first-order chi connectivity index (χ1) is 17.1. The number of benzene rings is 4. The van der Waals surface area contributed by atoms with Crippen LogP contribution in [-0.4, -0.2) is 10.9 Å². The molecule has 0 N–H and O–H groups in total. The first kappa shape index (κ1) is 22.8. The van der Waals surface area contributed by atoms with E-state index in [2.05, 4.69) is 105 Å². The molecule has 0 aliphatic rings. The molecule has 0 spiro atoms. The summed E-state index contributed by atoms with van der Waals surface area (Å²) < 4.78 is 1.95. The quantitative estimate of drug-likeness (QED) is 0.232. The van der Waals surface area contributed by atoms with Crippen LogP contribution in [0.2, 0.25) is 0 Å². The lowest BCUT2D eigenvalue weighted by molar-refractivity contribution is 0.854. The van der Waals surface area contributed by atoms with E-state index in [1.54, 1.807) is 11.3 Å². The molecule has 172 valence electrons. The molecule has 3 nitrogen and oxygen atoms in total. The zero-order valence-electron chi connectivity index (χ0n) is 20.1. The second-order valence-electron chi connectivity index (χ2n) is 8.71. The van der Waals surface area contributed by atoms with E-state index < -0.39 is 0 Å². The Morgan fingerprint density at radius 2 is 1.40 bits per heavy atom. The number of aromatic nitrogens is 1. The molecule has 1 aromatic heterocycles. The smallest absolute Gasteiger partial charge is 0.211 e. The van der Waals surface area contributed by atoms with Crippen LogP contribution in [0.4, 0.5) is 5.69 Å². The summed E-state index contributed by atoms with van der Waals surface area (Å²) in [4.78, 5) is 5.77. The maximum absolute atomic E-state index is 4.93. The lowest BCUT2D eigenvalue weighted by atomic mass is 10.0. The Hall–Kier alpha value is -4.02. The summed E-state index contributed by atoms with van der Waals surface area (Å²) in [6.45, 7) is 6.30. The molecule has 0 amide bonds. The standard InChI is InChI=1S/C31H27N3S/c1-22-8-7-11-29(19-22)33-31-34(32-20-28-18-23(2)12-13-24(28)3)30(21-35-31)27-16-14-26(15-17-27)25-9-5-4-6-10-25/h4-21H,1-3H3. The van der Waals surface area contributed by atoms with E-state index in [1.807, 2.05) is 29.1 Å². The number of nitrogens with zero attached hydrogens (tertiary/aromatic N) is 3. The number of hydrogen-bond donors (Lipinski definition) is 0. The molecule has 5 aromatic rings. The van der Waals surface area contributed by atoms with E-state index in [1.165, 1.54) is 27.8 Å². The van der Waals surface area contributed by atoms with E-state index in [0.717, 1.165) is 27.3 Å². The van der Waals surface area contributed by atoms with E-state index in [0.29, 0.717) is 0 Å². The van der Waals surface area contributed by atoms with Gasteiger partial charge in [-0.15, -0.1) is 11.3 Å². The third kappa shape index (κ3) is 5.23. The summed E-state index contributed by atoms with van der Waals surface area (Å²) in [5.74, 6) is 0. The predicted molar refractivity (Wildman–Crippen MR) is 148 cm³/mol. The van der Waals surface area contributed by atoms with E-state index in [9.17, 15) is 0 Å². The van der Waals surface area contributed by atoms with Gasteiger partial charge < -0.3 is 0 Å². The molecule has 0 aliphatic carbocycles. The van der Waals surface area contributed by atoms with Crippen LogP contribution in [0.5, 0.6) is 0 Å². The van der Waals surface area contributed by atoms with Gasteiger partial charge >= 0.3 is 0 Å². The Labute approximate surface area is 210 Å². The summed E-state index contributed by atoms with van der Waals surface area (Å²) in [6, 6.07) is 33.7. The Morgan fingerprint density at radius 3 is 2.17 bits per heavy atom. The zero-order valence-corrected chi connectivity index (χ0v) is 21.0. The molecule has 0 fully saturated rings. The molecule has 0 saturated heterocycles. The summed E-state index contributed by atoms with van der Waals surface area (Å²) in [5, 5.41) is 7.05. The molecule has 0 aliphatic heterocycles. The number of hydrogen-bond acceptors (Lipinski definition) is 3. The molecule has 0 atom stereocenters. The summed E-state index contributed by atoms with van der Waals surface area (Å²) in [5.41, 5.74) is 10.1. The average Bonchev–Trinajstić information content (AvgIpc) is 3.27. The molecule has 0 unspecified atom stereocenters. The number of aryl methyl sites for hydroxylation is 3. The highest BCUT2D eigenvalue weighted by Crippen LogP contribution is 2.26. The monoisotopic (exact) mass is 473 g/mol. The predicted octanol–water partition coefficient (Wildman–Crippen LogP) is 7.92. The Bertz CT molecular complexity index is 1560. The molecular weight excluding hydrogens is 446 g/mol. The van der Waals surface area contributed by atoms with Crippen LogP contribution in [0.1, 0.15) is 22.3 Å². The molecule has 4 heteroatoms. The molecule has 5 rings (SSSR count). The van der Waals surface area contributed by atoms with Gasteiger partial charge in [0, 0.05) is 10.9 Å². The van der Waals surface area contributed by atoms with Crippen molar-refractivity contribution in [2.45, 2.75) is 20.8 Å². The fourth-order valence-corrected chi connectivity index (χ4v) is 4.83. The van der Waals surface area contributed by atoms with Gasteiger partial charge in [0.25, 0.3) is 0 Å². The molecule has 0 radical (unpaired) electrons. The Morgan fingerprint density at radius 1 is 0.686 bits per heavy atom. The van der Waals surface area contributed by atoms with Crippen molar-refractivity contribution in [3.05, 3.63) is 129 Å². The van der Waals surface area contributed by atoms with Gasteiger partial charge in [-0.3, -0.25) is 0 Å². The Balaban J connectivity index is 1.60. The van der Waals surface area contributed by atoms with Gasteiger partial charge in [-0.1, -0.05) is 90.5 Å². The van der Waals surface area contributed by atoms with Gasteiger partial charge in [0.15, 0.2) is 0 Å². The van der Waals surface area contributed by atoms with Crippen molar-refractivity contribution in [3.63, 3.8) is 0 Å². The highest BCUT2D eigenvalue weighted by molar-refractivity contribution is 7.07. The first-order valence-corrected chi connectivity index (χ1v) is 12.5. The first-order valence-electron chi connectivity index (χ1n) is 11.7. The van der Waals surface area contributed by atoms with Crippen molar-refractivity contribution in [1.82, 2.24) is 4.68 Å². The highest BCUT2D eigenvalue weighted by Gasteiger charge is 2.09. The SMILES string of the molecule is Cc1cccc(N=c2scc(-c3ccc(-c4ccccc4)cc3)n2N=Cc2cc(C)ccc2C)c1. The van der Waals surface area contributed by atoms with E-state index >= 15 is 0 Å². The van der Waals surface area contributed by atoms with Gasteiger partial charge in [-0.05, 0) is 60.7 Å². The van der Waals surface area contributed by atoms with Crippen molar-refractivity contribution in [3.8, 4) is 22.4 Å². The fraction of sp³-hybridized carbons (Fsp3) is 0.0968. The lowest BCUT2D eigenvalue weighted by Gasteiger charge is -2.07. The van der Waals surface area contributed by atoms with Crippen molar-refractivity contribution in [1.29, 1.82) is 0 Å². The number of rotatable bonds is 5. The van der Waals surface area contributed by atoms with E-state index in [4.69, 9.17) is 10.1 Å². The zero-order chi connectivity index (χ0) is 24.2. The van der Waals surface area contributed by atoms with Crippen molar-refractivity contribution in [2.75, 3.05) is 0 Å². The largest absolute Gasteiger partial charge is 0.220 e. The summed E-state index contributed by atoms with van der Waals surface area (Å²) in [7, 11) is 0. The minimum atomic E-state index is 0.833. The minimum absolute atomic E-state index is 0.833. The van der Waals surface area contributed by atoms with Crippen molar-refractivity contribution < 1.29 is 0 Å². The fourth-order valence-electron chi connectivity index (χ4n) is 3.98. The maximum atomic E-state index is 4.93. The van der Waals surface area contributed by atoms with Crippen LogP contribution in [0, 0.1) is 20.8 Å². The third-order valence-corrected chi connectivity index (χ3v) is 6.76. The van der Waals surface area contributed by atoms with Gasteiger partial charge in [-0.25, -0.2) is 9.67 Å². The highest BCUT2D eigenvalue weighted by atomic mass is 32.1. The van der Waals surface area contributed by atoms with Crippen LogP contribution in [-0.2, 0) is 0 Å². The molecule has 1 heterocycles. The van der Waals surface area contributed by atoms with E-state index in [-0.39, 0.29) is 0 Å². The average molecular weight is 474 g/mol. The molecule has 35 heavy (non-hydrogen) atoms. The molecule has 0 bridgehead atoms. The van der Waals surface area contributed by atoms with Crippen molar-refractivity contribution >= 4 is 23.2 Å². The van der Waals surface area contributed by atoms with Crippen molar-refractivity contribution in [2.24, 2.45) is 10.1 Å². The van der Waals surface area contributed by atoms with Crippen LogP contribution < -0.4 is 4.80 Å². The minimum Gasteiger partial charge on any atom is -0.220 e. The molecule has 0 saturated carbocycles. The van der Waals surface area contributed by atoms with Gasteiger partial charge in [-0.2, -0.15) is 5.10 Å². The van der Waals surface area contributed by atoms with Crippen LogP contribution >= 0.6 is 11.3 Å². The molecule has 4 aromatic carbocycles. The molecular formula is C31H27N3S. The van der Waals surface area contributed by atoms with Gasteiger partial charge in [0.1, 0.15) is 0 Å². The maximum Gasteiger partial charge on any atom is 0.211 e. The lowest BCUT2D eigenvalue weighted by Crippen LogP contribution is -2.11. The summed E-state index contributed by atoms with van der Waals surface area (Å²) in [6.07, 6.45) is 1.94. The summed E-state index contributed by atoms with van der Waals surface area (Å²) >= 11 is 1.60. The van der Waals surface area contributed by atoms with Crippen LogP contribution in [0.25, 0.3) is 22.4 Å². The van der Waals surface area contributed by atoms with Crippen LogP contribution in [0.15, 0.2) is 113 Å². The van der Waals surface area contributed by atoms with Crippen LogP contribution in [0.3, 0.4) is 0 Å². The normalized spacial score (nSPS) is 11.9.